The highest BCUT2D eigenvalue weighted by Crippen LogP contribution is 2.20. The van der Waals surface area contributed by atoms with Crippen molar-refractivity contribution in [3.63, 3.8) is 0 Å². The first kappa shape index (κ1) is 22.1. The Hall–Kier alpha value is -3.15. The molecule has 29 heavy (non-hydrogen) atoms. The van der Waals surface area contributed by atoms with Gasteiger partial charge in [-0.3, -0.25) is 14.4 Å². The molecule has 1 heterocycles. The molecule has 0 fully saturated rings. The molecule has 2 aromatic rings. The van der Waals surface area contributed by atoms with Crippen LogP contribution in [-0.2, 0) is 14.3 Å². The molecule has 0 bridgehead atoms. The quantitative estimate of drug-likeness (QED) is 0.399. The Morgan fingerprint density at radius 3 is 2.45 bits per heavy atom. The third-order valence-corrected chi connectivity index (χ3v) is 4.52. The van der Waals surface area contributed by atoms with Crippen molar-refractivity contribution in [3.8, 4) is 0 Å². The number of ketones is 1. The van der Waals surface area contributed by atoms with E-state index in [9.17, 15) is 14.4 Å². The molecular formula is C23H28N2O4. The molecule has 0 spiro atoms. The first-order chi connectivity index (χ1) is 13.8. The average molecular weight is 396 g/mol. The van der Waals surface area contributed by atoms with Gasteiger partial charge in [0.1, 0.15) is 0 Å². The molecule has 0 saturated carbocycles. The second-order valence-corrected chi connectivity index (χ2v) is 7.12. The van der Waals surface area contributed by atoms with E-state index in [1.54, 1.807) is 6.08 Å². The minimum Gasteiger partial charge on any atom is -0.457 e. The Kier molecular flexibility index (Phi) is 7.95. The lowest BCUT2D eigenvalue weighted by atomic mass is 10.1. The number of carbonyl (C=O) groups excluding carboxylic acids is 3. The minimum atomic E-state index is -0.525. The van der Waals surface area contributed by atoms with Crippen LogP contribution in [0.3, 0.4) is 0 Å². The summed E-state index contributed by atoms with van der Waals surface area (Å²) < 4.78 is 7.14. The van der Waals surface area contributed by atoms with Gasteiger partial charge in [0.05, 0.1) is 6.42 Å². The van der Waals surface area contributed by atoms with Gasteiger partial charge >= 0.3 is 5.97 Å². The highest BCUT2D eigenvalue weighted by molar-refractivity contribution is 5.99. The van der Waals surface area contributed by atoms with Crippen LogP contribution in [0.2, 0.25) is 0 Å². The minimum absolute atomic E-state index is 0.00319. The predicted molar refractivity (Wildman–Crippen MR) is 113 cm³/mol. The van der Waals surface area contributed by atoms with E-state index in [-0.39, 0.29) is 37.3 Å². The Labute approximate surface area is 171 Å². The number of esters is 1. The number of Topliss-reactive ketones (excluding diaryl/α,β-unsaturated/α-hetero) is 1. The number of hydrogen-bond acceptors (Lipinski definition) is 4. The van der Waals surface area contributed by atoms with Gasteiger partial charge in [-0.1, -0.05) is 30.3 Å². The summed E-state index contributed by atoms with van der Waals surface area (Å²) in [4.78, 5) is 36.0. The first-order valence-corrected chi connectivity index (χ1v) is 9.67. The van der Waals surface area contributed by atoms with E-state index in [1.165, 1.54) is 6.08 Å². The number of ether oxygens (including phenoxy) is 1. The molecule has 1 amide bonds. The van der Waals surface area contributed by atoms with Crippen molar-refractivity contribution in [1.29, 1.82) is 0 Å². The van der Waals surface area contributed by atoms with Gasteiger partial charge in [0.2, 0.25) is 11.7 Å². The van der Waals surface area contributed by atoms with Crippen molar-refractivity contribution in [3.05, 3.63) is 65.0 Å². The largest absolute Gasteiger partial charge is 0.457 e. The molecule has 0 unspecified atom stereocenters. The van der Waals surface area contributed by atoms with Crippen LogP contribution in [0.1, 0.15) is 53.6 Å². The Balaban J connectivity index is 1.74. The van der Waals surface area contributed by atoms with Crippen LogP contribution in [0.15, 0.2) is 42.5 Å². The number of hydrogen-bond donors (Lipinski definition) is 1. The number of nitrogens with one attached hydrogen (secondary N) is 1. The van der Waals surface area contributed by atoms with Gasteiger partial charge < -0.3 is 14.6 Å². The van der Waals surface area contributed by atoms with E-state index in [0.29, 0.717) is 5.56 Å². The maximum Gasteiger partial charge on any atom is 0.308 e. The molecular weight excluding hydrogens is 368 g/mol. The van der Waals surface area contributed by atoms with Gasteiger partial charge in [-0.05, 0) is 45.4 Å². The number of rotatable bonds is 9. The van der Waals surface area contributed by atoms with E-state index in [0.717, 1.165) is 17.0 Å². The lowest BCUT2D eigenvalue weighted by molar-refractivity contribution is -0.142. The van der Waals surface area contributed by atoms with Crippen molar-refractivity contribution in [1.82, 2.24) is 9.88 Å². The highest BCUT2D eigenvalue weighted by atomic mass is 16.5. The second-order valence-electron chi connectivity index (χ2n) is 7.12. The van der Waals surface area contributed by atoms with Crippen LogP contribution in [0.5, 0.6) is 0 Å². The topological polar surface area (TPSA) is 77.4 Å². The van der Waals surface area contributed by atoms with Gasteiger partial charge in [-0.25, -0.2) is 0 Å². The third kappa shape index (κ3) is 6.45. The number of benzene rings is 1. The van der Waals surface area contributed by atoms with Crippen LogP contribution >= 0.6 is 0 Å². The van der Waals surface area contributed by atoms with Crippen LogP contribution < -0.4 is 5.32 Å². The summed E-state index contributed by atoms with van der Waals surface area (Å²) in [5.41, 5.74) is 3.36. The maximum atomic E-state index is 12.4. The summed E-state index contributed by atoms with van der Waals surface area (Å²) in [7, 11) is 0. The van der Waals surface area contributed by atoms with E-state index in [4.69, 9.17) is 4.74 Å². The van der Waals surface area contributed by atoms with Crippen molar-refractivity contribution in [2.45, 2.75) is 40.2 Å². The van der Waals surface area contributed by atoms with Crippen molar-refractivity contribution < 1.29 is 19.1 Å². The molecule has 1 aromatic heterocycles. The van der Waals surface area contributed by atoms with Crippen LogP contribution in [0.25, 0.3) is 6.08 Å². The van der Waals surface area contributed by atoms with Gasteiger partial charge in [0.15, 0.2) is 6.61 Å². The average Bonchev–Trinajstić information content (AvgIpc) is 2.99. The van der Waals surface area contributed by atoms with Crippen LogP contribution in [-0.4, -0.2) is 35.4 Å². The lowest BCUT2D eigenvalue weighted by Gasteiger charge is -2.13. The van der Waals surface area contributed by atoms with Gasteiger partial charge in [0, 0.05) is 35.6 Å². The molecule has 6 nitrogen and oxygen atoms in total. The van der Waals surface area contributed by atoms with Crippen molar-refractivity contribution in [2.75, 3.05) is 13.2 Å². The van der Waals surface area contributed by atoms with Crippen LogP contribution in [0.4, 0.5) is 0 Å². The predicted octanol–water partition coefficient (Wildman–Crippen LogP) is 3.63. The maximum absolute atomic E-state index is 12.4. The number of aromatic nitrogens is 1. The zero-order chi connectivity index (χ0) is 21.4. The van der Waals surface area contributed by atoms with E-state index < -0.39 is 5.97 Å². The Morgan fingerprint density at radius 1 is 1.14 bits per heavy atom. The Bertz CT molecular complexity index is 895. The van der Waals surface area contributed by atoms with E-state index >= 15 is 0 Å². The molecule has 0 saturated heterocycles. The second kappa shape index (κ2) is 10.4. The summed E-state index contributed by atoms with van der Waals surface area (Å²) >= 11 is 0. The van der Waals surface area contributed by atoms with Crippen molar-refractivity contribution >= 4 is 23.7 Å². The molecule has 6 heteroatoms. The van der Waals surface area contributed by atoms with Gasteiger partial charge in [0.25, 0.3) is 0 Å². The Morgan fingerprint density at radius 2 is 1.83 bits per heavy atom. The van der Waals surface area contributed by atoms with E-state index in [1.807, 2.05) is 50.2 Å². The fourth-order valence-electron chi connectivity index (χ4n) is 3.23. The summed E-state index contributed by atoms with van der Waals surface area (Å²) in [6.45, 7) is 7.79. The summed E-state index contributed by atoms with van der Waals surface area (Å²) in [5.74, 6) is -1.05. The summed E-state index contributed by atoms with van der Waals surface area (Å²) in [6.07, 6.45) is 3.11. The monoisotopic (exact) mass is 396 g/mol. The SMILES string of the molecule is Cc1cc(C(=O)COC(=O)CCNC(=O)/C=C/c2ccccc2)c(C)n1C(C)C. The number of carbonyl (C=O) groups is 3. The lowest BCUT2D eigenvalue weighted by Crippen LogP contribution is -2.25. The molecule has 0 aliphatic rings. The van der Waals surface area contributed by atoms with Gasteiger partial charge in [-0.2, -0.15) is 0 Å². The number of amides is 1. The third-order valence-electron chi connectivity index (χ3n) is 4.52. The van der Waals surface area contributed by atoms with Gasteiger partial charge in [-0.15, -0.1) is 0 Å². The summed E-state index contributed by atoms with van der Waals surface area (Å²) in [6, 6.07) is 11.5. The molecule has 2 rings (SSSR count). The van der Waals surface area contributed by atoms with E-state index in [2.05, 4.69) is 23.7 Å². The normalized spacial score (nSPS) is 11.1. The molecule has 0 radical (unpaired) electrons. The molecule has 0 aliphatic carbocycles. The first-order valence-electron chi connectivity index (χ1n) is 9.67. The molecule has 1 N–H and O–H groups in total. The zero-order valence-electron chi connectivity index (χ0n) is 17.4. The zero-order valence-corrected chi connectivity index (χ0v) is 17.4. The fourth-order valence-corrected chi connectivity index (χ4v) is 3.23. The summed E-state index contributed by atoms with van der Waals surface area (Å²) in [5, 5.41) is 2.62. The molecule has 154 valence electrons. The number of aryl methyl sites for hydroxylation is 1. The molecule has 0 atom stereocenters. The molecule has 1 aromatic carbocycles. The smallest absolute Gasteiger partial charge is 0.308 e. The highest BCUT2D eigenvalue weighted by Gasteiger charge is 2.18. The standard InChI is InChI=1S/C23H28N2O4/c1-16(2)25-17(3)14-20(18(25)4)21(26)15-29-23(28)12-13-24-22(27)11-10-19-8-6-5-7-9-19/h5-11,14,16H,12-13,15H2,1-4H3,(H,24,27)/b11-10+. The number of nitrogens with zero attached hydrogens (tertiary/aromatic N) is 1. The fraction of sp³-hybridized carbons (Fsp3) is 0.348. The van der Waals surface area contributed by atoms with Crippen LogP contribution in [0, 0.1) is 13.8 Å². The molecule has 0 aliphatic heterocycles. The van der Waals surface area contributed by atoms with Crippen molar-refractivity contribution in [2.24, 2.45) is 0 Å².